The third-order valence-corrected chi connectivity index (χ3v) is 7.35. The summed E-state index contributed by atoms with van der Waals surface area (Å²) >= 11 is 10.2. The zero-order chi connectivity index (χ0) is 23.6. The SMILES string of the molecule is COc1cc(/C=N\NC(=O)CSc2nnc(SCc3ccc(Cl)cc3)s2)ccc1OC(C)=O. The van der Waals surface area contributed by atoms with E-state index in [1.54, 1.807) is 30.0 Å². The van der Waals surface area contributed by atoms with Crippen LogP contribution in [0.4, 0.5) is 0 Å². The highest BCUT2D eigenvalue weighted by Crippen LogP contribution is 2.31. The zero-order valence-electron chi connectivity index (χ0n) is 17.6. The molecule has 0 fully saturated rings. The van der Waals surface area contributed by atoms with Crippen molar-refractivity contribution in [3.8, 4) is 11.5 Å². The van der Waals surface area contributed by atoms with Crippen LogP contribution in [-0.2, 0) is 15.3 Å². The van der Waals surface area contributed by atoms with Gasteiger partial charge in [-0.2, -0.15) is 5.10 Å². The summed E-state index contributed by atoms with van der Waals surface area (Å²) in [6.45, 7) is 1.31. The fraction of sp³-hybridized carbons (Fsp3) is 0.190. The number of methoxy groups -OCH3 is 1. The van der Waals surface area contributed by atoms with Crippen LogP contribution in [0.3, 0.4) is 0 Å². The van der Waals surface area contributed by atoms with Crippen molar-refractivity contribution >= 4 is 64.6 Å². The standard InChI is InChI=1S/C21H19ClN4O4S3/c1-13(27)30-17-8-5-15(9-18(17)29-2)10-23-24-19(28)12-32-21-26-25-20(33-21)31-11-14-3-6-16(22)7-4-14/h3-10H,11-12H2,1-2H3,(H,24,28)/b23-10-. The molecule has 0 saturated carbocycles. The summed E-state index contributed by atoms with van der Waals surface area (Å²) in [6.07, 6.45) is 1.47. The highest BCUT2D eigenvalue weighted by atomic mass is 35.5. The molecule has 0 radical (unpaired) electrons. The lowest BCUT2D eigenvalue weighted by atomic mass is 10.2. The average Bonchev–Trinajstić information content (AvgIpc) is 3.26. The Balaban J connectivity index is 1.43. The Morgan fingerprint density at radius 3 is 2.55 bits per heavy atom. The fourth-order valence-corrected chi connectivity index (χ4v) is 5.28. The van der Waals surface area contributed by atoms with Gasteiger partial charge in [-0.15, -0.1) is 10.2 Å². The van der Waals surface area contributed by atoms with Crippen LogP contribution in [-0.4, -0.2) is 41.2 Å². The average molecular weight is 523 g/mol. The van der Waals surface area contributed by atoms with Gasteiger partial charge in [0.1, 0.15) is 0 Å². The summed E-state index contributed by atoms with van der Waals surface area (Å²) in [7, 11) is 1.47. The molecule has 1 heterocycles. The number of carbonyl (C=O) groups is 2. The van der Waals surface area contributed by atoms with Crippen molar-refractivity contribution in [2.24, 2.45) is 5.10 Å². The molecule has 3 aromatic rings. The van der Waals surface area contributed by atoms with Crippen molar-refractivity contribution in [2.45, 2.75) is 21.4 Å². The smallest absolute Gasteiger partial charge is 0.308 e. The third-order valence-electron chi connectivity index (χ3n) is 3.83. The van der Waals surface area contributed by atoms with E-state index in [0.717, 1.165) is 15.7 Å². The minimum atomic E-state index is -0.442. The number of thioether (sulfide) groups is 2. The molecule has 0 bridgehead atoms. The van der Waals surface area contributed by atoms with E-state index in [1.165, 1.54) is 43.3 Å². The number of carbonyl (C=O) groups excluding carboxylic acids is 2. The highest BCUT2D eigenvalue weighted by Gasteiger charge is 2.10. The van der Waals surface area contributed by atoms with E-state index in [2.05, 4.69) is 20.7 Å². The Kier molecular flexibility index (Phi) is 9.55. The molecule has 8 nitrogen and oxygen atoms in total. The summed E-state index contributed by atoms with van der Waals surface area (Å²) in [5.74, 6) is 0.899. The van der Waals surface area contributed by atoms with Gasteiger partial charge in [-0.3, -0.25) is 9.59 Å². The van der Waals surface area contributed by atoms with Crippen LogP contribution in [0.15, 0.2) is 56.2 Å². The quantitative estimate of drug-likeness (QED) is 0.135. The normalized spacial score (nSPS) is 10.9. The first kappa shape index (κ1) is 25.0. The van der Waals surface area contributed by atoms with Crippen LogP contribution in [0.1, 0.15) is 18.1 Å². The predicted octanol–water partition coefficient (Wildman–Crippen LogP) is 4.66. The molecule has 0 unspecified atom stereocenters. The van der Waals surface area contributed by atoms with Crippen molar-refractivity contribution in [3.63, 3.8) is 0 Å². The number of halogens is 1. The van der Waals surface area contributed by atoms with Gasteiger partial charge in [0.25, 0.3) is 5.91 Å². The van der Waals surface area contributed by atoms with E-state index >= 15 is 0 Å². The lowest BCUT2D eigenvalue weighted by Gasteiger charge is -2.08. The number of rotatable bonds is 10. The van der Waals surface area contributed by atoms with Gasteiger partial charge in [-0.1, -0.05) is 58.6 Å². The van der Waals surface area contributed by atoms with Gasteiger partial charge >= 0.3 is 5.97 Å². The number of benzene rings is 2. The summed E-state index contributed by atoms with van der Waals surface area (Å²) in [5.41, 5.74) is 4.28. The molecule has 12 heteroatoms. The maximum absolute atomic E-state index is 12.1. The first-order valence-electron chi connectivity index (χ1n) is 9.45. The molecule has 0 atom stereocenters. The summed E-state index contributed by atoms with van der Waals surface area (Å²) in [6, 6.07) is 12.6. The topological polar surface area (TPSA) is 103 Å². The maximum Gasteiger partial charge on any atom is 0.308 e. The molecule has 0 aliphatic heterocycles. The number of nitrogens with one attached hydrogen (secondary N) is 1. The zero-order valence-corrected chi connectivity index (χ0v) is 20.8. The van der Waals surface area contributed by atoms with Crippen molar-refractivity contribution in [3.05, 3.63) is 58.6 Å². The van der Waals surface area contributed by atoms with Crippen LogP contribution < -0.4 is 14.9 Å². The molecule has 3 rings (SSSR count). The molecule has 172 valence electrons. The van der Waals surface area contributed by atoms with E-state index in [0.29, 0.717) is 26.4 Å². The Hall–Kier alpha value is -2.60. The molecule has 0 aliphatic carbocycles. The minimum Gasteiger partial charge on any atom is -0.493 e. The molecule has 0 spiro atoms. The van der Waals surface area contributed by atoms with Crippen LogP contribution >= 0.6 is 46.5 Å². The van der Waals surface area contributed by atoms with E-state index in [4.69, 9.17) is 21.1 Å². The lowest BCUT2D eigenvalue weighted by molar-refractivity contribution is -0.132. The van der Waals surface area contributed by atoms with Gasteiger partial charge in [-0.25, -0.2) is 5.43 Å². The Morgan fingerprint density at radius 1 is 1.12 bits per heavy atom. The maximum atomic E-state index is 12.1. The largest absolute Gasteiger partial charge is 0.493 e. The lowest BCUT2D eigenvalue weighted by Crippen LogP contribution is -2.19. The van der Waals surface area contributed by atoms with Gasteiger partial charge in [0, 0.05) is 17.7 Å². The molecule has 33 heavy (non-hydrogen) atoms. The molecule has 1 N–H and O–H groups in total. The van der Waals surface area contributed by atoms with Gasteiger partial charge in [-0.05, 0) is 41.5 Å². The molecule has 0 saturated heterocycles. The van der Waals surface area contributed by atoms with E-state index < -0.39 is 5.97 Å². The summed E-state index contributed by atoms with van der Waals surface area (Å²) in [5, 5.41) is 12.9. The van der Waals surface area contributed by atoms with Crippen molar-refractivity contribution in [1.82, 2.24) is 15.6 Å². The number of nitrogens with zero attached hydrogens (tertiary/aromatic N) is 3. The number of hydrogen-bond acceptors (Lipinski definition) is 10. The van der Waals surface area contributed by atoms with Crippen LogP contribution in [0.25, 0.3) is 0 Å². The number of hydrazone groups is 1. The summed E-state index contributed by atoms with van der Waals surface area (Å²) in [4.78, 5) is 23.2. The first-order valence-corrected chi connectivity index (χ1v) is 12.6. The molecule has 1 aromatic heterocycles. The second-order valence-corrected chi connectivity index (χ2v) is 10.2. The number of amides is 1. The van der Waals surface area contributed by atoms with E-state index in [-0.39, 0.29) is 11.7 Å². The molecule has 0 aliphatic rings. The fourth-order valence-electron chi connectivity index (χ4n) is 2.38. The number of aromatic nitrogens is 2. The van der Waals surface area contributed by atoms with Crippen molar-refractivity contribution < 1.29 is 19.1 Å². The molecular weight excluding hydrogens is 504 g/mol. The molecular formula is C21H19ClN4O4S3. The molecule has 1 amide bonds. The predicted molar refractivity (Wildman–Crippen MR) is 132 cm³/mol. The van der Waals surface area contributed by atoms with Crippen LogP contribution in [0.2, 0.25) is 5.02 Å². The first-order chi connectivity index (χ1) is 15.9. The van der Waals surface area contributed by atoms with Crippen molar-refractivity contribution in [2.75, 3.05) is 12.9 Å². The monoisotopic (exact) mass is 522 g/mol. The van der Waals surface area contributed by atoms with Crippen molar-refractivity contribution in [1.29, 1.82) is 0 Å². The van der Waals surface area contributed by atoms with Crippen LogP contribution in [0, 0.1) is 0 Å². The van der Waals surface area contributed by atoms with Crippen LogP contribution in [0.5, 0.6) is 11.5 Å². The van der Waals surface area contributed by atoms with Gasteiger partial charge in [0.2, 0.25) is 0 Å². The third kappa shape index (κ3) is 8.35. The molecule has 2 aromatic carbocycles. The number of hydrogen-bond donors (Lipinski definition) is 1. The van der Waals surface area contributed by atoms with E-state index in [1.807, 2.05) is 24.3 Å². The summed E-state index contributed by atoms with van der Waals surface area (Å²) < 4.78 is 11.8. The highest BCUT2D eigenvalue weighted by molar-refractivity contribution is 8.03. The van der Waals surface area contributed by atoms with Gasteiger partial charge in [0.15, 0.2) is 20.2 Å². The second-order valence-electron chi connectivity index (χ2n) is 6.33. The Morgan fingerprint density at radius 2 is 1.85 bits per heavy atom. The van der Waals surface area contributed by atoms with Gasteiger partial charge in [0.05, 0.1) is 19.1 Å². The Bertz CT molecular complexity index is 1140. The van der Waals surface area contributed by atoms with Gasteiger partial charge < -0.3 is 9.47 Å². The van der Waals surface area contributed by atoms with E-state index in [9.17, 15) is 9.59 Å². The number of ether oxygens (including phenoxy) is 2. The Labute approximate surface area is 208 Å². The second kappa shape index (κ2) is 12.6. The number of esters is 1. The minimum absolute atomic E-state index is 0.155.